The third-order valence-corrected chi connectivity index (χ3v) is 4.06. The van der Waals surface area contributed by atoms with Gasteiger partial charge in [-0.05, 0) is 24.1 Å². The molecule has 1 atom stereocenters. The summed E-state index contributed by atoms with van der Waals surface area (Å²) in [6.07, 6.45) is 1.05. The van der Waals surface area contributed by atoms with Crippen LogP contribution in [0.25, 0.3) is 0 Å². The Bertz CT molecular complexity index is 414. The summed E-state index contributed by atoms with van der Waals surface area (Å²) in [7, 11) is 0. The molecule has 0 saturated carbocycles. The summed E-state index contributed by atoms with van der Waals surface area (Å²) in [5.74, 6) is 0. The molecule has 1 aromatic rings. The molecule has 0 aliphatic carbocycles. The van der Waals surface area contributed by atoms with Gasteiger partial charge in [0.25, 0.3) is 0 Å². The van der Waals surface area contributed by atoms with E-state index in [1.54, 1.807) is 0 Å². The molecule has 2 aliphatic heterocycles. The Labute approximate surface area is 112 Å². The molecule has 1 unspecified atom stereocenters. The second-order valence-corrected chi connectivity index (χ2v) is 5.65. The van der Waals surface area contributed by atoms with Crippen molar-refractivity contribution in [3.63, 3.8) is 0 Å². The number of rotatable bonds is 3. The van der Waals surface area contributed by atoms with E-state index < -0.39 is 0 Å². The zero-order chi connectivity index (χ0) is 12.4. The van der Waals surface area contributed by atoms with E-state index in [0.29, 0.717) is 6.04 Å². The molecule has 2 heterocycles. The molecule has 0 amide bonds. The van der Waals surface area contributed by atoms with E-state index in [0.717, 1.165) is 44.4 Å². The van der Waals surface area contributed by atoms with Crippen LogP contribution in [-0.2, 0) is 14.9 Å². The van der Waals surface area contributed by atoms with E-state index in [9.17, 15) is 0 Å². The minimum Gasteiger partial charge on any atom is -0.379 e. The maximum atomic E-state index is 6.09. The highest BCUT2D eigenvalue weighted by Crippen LogP contribution is 2.38. The molecule has 2 fully saturated rings. The summed E-state index contributed by atoms with van der Waals surface area (Å²) in [5.41, 5.74) is 1.40. The number of nitrogens with one attached hydrogen (secondary N) is 1. The average molecular weight is 268 g/mol. The lowest BCUT2D eigenvalue weighted by atomic mass is 9.74. The Kier molecular flexibility index (Phi) is 3.57. The summed E-state index contributed by atoms with van der Waals surface area (Å²) >= 11 is 6.09. The van der Waals surface area contributed by atoms with Gasteiger partial charge in [0, 0.05) is 23.0 Å². The third-order valence-electron chi connectivity index (χ3n) is 3.83. The fraction of sp³-hybridized carbons (Fsp3) is 0.571. The van der Waals surface area contributed by atoms with E-state index in [1.165, 1.54) is 5.56 Å². The van der Waals surface area contributed by atoms with Gasteiger partial charge in [0.05, 0.1) is 26.4 Å². The molecular formula is C14H18ClNO2. The van der Waals surface area contributed by atoms with E-state index in [4.69, 9.17) is 21.1 Å². The molecule has 1 N–H and O–H groups in total. The number of ether oxygens (including phenoxy) is 2. The highest BCUT2D eigenvalue weighted by atomic mass is 35.5. The lowest BCUT2D eigenvalue weighted by molar-refractivity contribution is -0.0753. The van der Waals surface area contributed by atoms with Gasteiger partial charge in [-0.3, -0.25) is 0 Å². The fourth-order valence-corrected chi connectivity index (χ4v) is 2.98. The SMILES string of the molecule is Clc1cccc(C2(CC3COCCN3)COC2)c1. The maximum Gasteiger partial charge on any atom is 0.0620 e. The normalized spacial score (nSPS) is 26.6. The van der Waals surface area contributed by atoms with Crippen molar-refractivity contribution in [1.29, 1.82) is 0 Å². The number of morpholine rings is 1. The van der Waals surface area contributed by atoms with Crippen LogP contribution in [0.4, 0.5) is 0 Å². The zero-order valence-electron chi connectivity index (χ0n) is 10.3. The topological polar surface area (TPSA) is 30.5 Å². The van der Waals surface area contributed by atoms with Crippen molar-refractivity contribution in [3.05, 3.63) is 34.9 Å². The van der Waals surface area contributed by atoms with Gasteiger partial charge in [-0.25, -0.2) is 0 Å². The molecule has 1 aromatic carbocycles. The van der Waals surface area contributed by atoms with Crippen molar-refractivity contribution < 1.29 is 9.47 Å². The first-order valence-electron chi connectivity index (χ1n) is 6.43. The van der Waals surface area contributed by atoms with Crippen LogP contribution in [0.15, 0.2) is 24.3 Å². The molecule has 0 aromatic heterocycles. The molecular weight excluding hydrogens is 250 g/mol. The predicted octanol–water partition coefficient (Wildman–Crippen LogP) is 1.99. The summed E-state index contributed by atoms with van der Waals surface area (Å²) in [5, 5.41) is 4.31. The Morgan fingerprint density at radius 1 is 1.33 bits per heavy atom. The van der Waals surface area contributed by atoms with Crippen LogP contribution >= 0.6 is 11.6 Å². The Hall–Kier alpha value is -0.610. The minimum atomic E-state index is 0.114. The van der Waals surface area contributed by atoms with Gasteiger partial charge in [0.15, 0.2) is 0 Å². The summed E-state index contributed by atoms with van der Waals surface area (Å²) in [4.78, 5) is 0. The number of benzene rings is 1. The first-order valence-corrected chi connectivity index (χ1v) is 6.81. The van der Waals surface area contributed by atoms with Gasteiger partial charge in [-0.15, -0.1) is 0 Å². The number of halogens is 1. The molecule has 0 radical (unpaired) electrons. The standard InChI is InChI=1S/C14H18ClNO2/c15-12-3-1-2-11(6-12)14(9-18-10-14)7-13-8-17-5-4-16-13/h1-3,6,13,16H,4-5,7-10H2. The van der Waals surface area contributed by atoms with Gasteiger partial charge < -0.3 is 14.8 Å². The van der Waals surface area contributed by atoms with Gasteiger partial charge in [-0.2, -0.15) is 0 Å². The maximum absolute atomic E-state index is 6.09. The first-order chi connectivity index (χ1) is 8.78. The van der Waals surface area contributed by atoms with Gasteiger partial charge in [0.1, 0.15) is 0 Å². The molecule has 4 heteroatoms. The van der Waals surface area contributed by atoms with Crippen LogP contribution in [0.3, 0.4) is 0 Å². The summed E-state index contributed by atoms with van der Waals surface area (Å²) in [6.45, 7) is 4.12. The van der Waals surface area contributed by atoms with E-state index in [-0.39, 0.29) is 5.41 Å². The lowest BCUT2D eigenvalue weighted by Gasteiger charge is -2.45. The second-order valence-electron chi connectivity index (χ2n) is 5.21. The van der Waals surface area contributed by atoms with Gasteiger partial charge in [-0.1, -0.05) is 23.7 Å². The second kappa shape index (κ2) is 5.17. The minimum absolute atomic E-state index is 0.114. The summed E-state index contributed by atoms with van der Waals surface area (Å²) in [6, 6.07) is 8.57. The summed E-state index contributed by atoms with van der Waals surface area (Å²) < 4.78 is 11.0. The highest BCUT2D eigenvalue weighted by Gasteiger charge is 2.42. The van der Waals surface area contributed by atoms with Crippen LogP contribution in [-0.4, -0.2) is 39.0 Å². The largest absolute Gasteiger partial charge is 0.379 e. The Morgan fingerprint density at radius 2 is 2.22 bits per heavy atom. The highest BCUT2D eigenvalue weighted by molar-refractivity contribution is 6.30. The third kappa shape index (κ3) is 2.41. The van der Waals surface area contributed by atoms with Crippen molar-refractivity contribution in [2.45, 2.75) is 17.9 Å². The van der Waals surface area contributed by atoms with Gasteiger partial charge in [0.2, 0.25) is 0 Å². The van der Waals surface area contributed by atoms with Crippen molar-refractivity contribution >= 4 is 11.6 Å². The molecule has 98 valence electrons. The van der Waals surface area contributed by atoms with E-state index in [2.05, 4.69) is 17.4 Å². The van der Waals surface area contributed by atoms with Crippen LogP contribution in [0, 0.1) is 0 Å². The smallest absolute Gasteiger partial charge is 0.0620 e. The molecule has 0 bridgehead atoms. The first kappa shape index (κ1) is 12.4. The van der Waals surface area contributed by atoms with Crippen molar-refractivity contribution in [2.75, 3.05) is 33.0 Å². The predicted molar refractivity (Wildman–Crippen MR) is 71.2 cm³/mol. The van der Waals surface area contributed by atoms with Crippen LogP contribution in [0.5, 0.6) is 0 Å². The van der Waals surface area contributed by atoms with Gasteiger partial charge >= 0.3 is 0 Å². The molecule has 0 spiro atoms. The van der Waals surface area contributed by atoms with Crippen molar-refractivity contribution in [3.8, 4) is 0 Å². The van der Waals surface area contributed by atoms with Crippen LogP contribution in [0.2, 0.25) is 5.02 Å². The van der Waals surface area contributed by atoms with Crippen LogP contribution < -0.4 is 5.32 Å². The average Bonchev–Trinajstić information content (AvgIpc) is 2.35. The molecule has 2 saturated heterocycles. The quantitative estimate of drug-likeness (QED) is 0.909. The molecule has 3 nitrogen and oxygen atoms in total. The molecule has 18 heavy (non-hydrogen) atoms. The van der Waals surface area contributed by atoms with Crippen molar-refractivity contribution in [1.82, 2.24) is 5.32 Å². The Balaban J connectivity index is 1.77. The van der Waals surface area contributed by atoms with E-state index >= 15 is 0 Å². The zero-order valence-corrected chi connectivity index (χ0v) is 11.1. The molecule has 3 rings (SSSR count). The Morgan fingerprint density at radius 3 is 2.83 bits per heavy atom. The monoisotopic (exact) mass is 267 g/mol. The molecule has 2 aliphatic rings. The van der Waals surface area contributed by atoms with E-state index in [1.807, 2.05) is 12.1 Å². The van der Waals surface area contributed by atoms with Crippen LogP contribution in [0.1, 0.15) is 12.0 Å². The van der Waals surface area contributed by atoms with Crippen molar-refractivity contribution in [2.24, 2.45) is 0 Å². The number of hydrogen-bond acceptors (Lipinski definition) is 3. The lowest BCUT2D eigenvalue weighted by Crippen LogP contribution is -2.53. The fourth-order valence-electron chi connectivity index (χ4n) is 2.79. The number of hydrogen-bond donors (Lipinski definition) is 1.